The third-order valence-corrected chi connectivity index (χ3v) is 2.41. The van der Waals surface area contributed by atoms with Crippen LogP contribution >= 0.6 is 0 Å². The van der Waals surface area contributed by atoms with Gasteiger partial charge in [-0.1, -0.05) is 11.8 Å². The van der Waals surface area contributed by atoms with Gasteiger partial charge in [-0.2, -0.15) is 13.2 Å². The monoisotopic (exact) mass is 519 g/mol. The maximum absolute atomic E-state index is 12.5. The fourth-order valence-corrected chi connectivity index (χ4v) is 1.60. The zero-order valence-corrected chi connectivity index (χ0v) is 15.4. The summed E-state index contributed by atoms with van der Waals surface area (Å²) in [5, 5.41) is 8.36. The van der Waals surface area contributed by atoms with Gasteiger partial charge in [-0.25, -0.2) is 0 Å². The first kappa shape index (κ1) is 22.0. The molecule has 0 amide bonds. The molecule has 24 heavy (non-hydrogen) atoms. The molecule has 0 aliphatic carbocycles. The quantitative estimate of drug-likeness (QED) is 0.487. The summed E-state index contributed by atoms with van der Waals surface area (Å²) in [4.78, 5) is 21.1. The second-order valence-electron chi connectivity index (χ2n) is 4.59. The van der Waals surface area contributed by atoms with Crippen LogP contribution in [0.15, 0.2) is 36.2 Å². The summed E-state index contributed by atoms with van der Waals surface area (Å²) in [6.07, 6.45) is -1.82. The van der Waals surface area contributed by atoms with Crippen molar-refractivity contribution in [3.8, 4) is 11.5 Å². The van der Waals surface area contributed by atoms with E-state index in [1.54, 1.807) is 18.2 Å². The Hall–Kier alpha value is -1.99. The van der Waals surface area contributed by atoms with Crippen LogP contribution in [-0.4, -0.2) is 20.9 Å². The number of aliphatic hydroxyl groups is 1. The van der Waals surface area contributed by atoms with Gasteiger partial charge < -0.3 is 15.1 Å². The Morgan fingerprint density at radius 2 is 1.92 bits per heavy atom. The average Bonchev–Trinajstić information content (AvgIpc) is 2.81. The fraction of sp³-hybridized carbons (Fsp3) is 0.267. The summed E-state index contributed by atoms with van der Waals surface area (Å²) in [6.45, 7) is 4.13. The number of hydrogen-bond acceptors (Lipinski definition) is 4. The summed E-state index contributed by atoms with van der Waals surface area (Å²) in [5.41, 5.74) is -0.748. The molecular weight excluding hydrogens is 503 g/mol. The number of aliphatic hydroxyl groups excluding tert-OH is 1. The third kappa shape index (κ3) is 7.06. The first-order valence-corrected chi connectivity index (χ1v) is 6.49. The number of allylic oxidation sites excluding steroid dienone is 2. The van der Waals surface area contributed by atoms with Crippen LogP contribution in [0.5, 0.6) is 0 Å². The molecule has 2 aromatic rings. The van der Waals surface area contributed by atoms with Crippen LogP contribution in [0.3, 0.4) is 0 Å². The summed E-state index contributed by atoms with van der Waals surface area (Å²) in [5.74, 6) is -0.0575. The van der Waals surface area contributed by atoms with Crippen molar-refractivity contribution >= 4 is 5.78 Å². The van der Waals surface area contributed by atoms with Crippen LogP contribution in [-0.2, 0) is 31.1 Å². The van der Waals surface area contributed by atoms with E-state index in [2.05, 4.69) is 15.0 Å². The minimum atomic E-state index is -4.47. The third-order valence-electron chi connectivity index (χ3n) is 2.41. The molecule has 2 heterocycles. The number of ketones is 1. The molecule has 0 unspecified atom stereocenters. The van der Waals surface area contributed by atoms with Crippen LogP contribution in [0, 0.1) is 6.92 Å². The average molecular weight is 519 g/mol. The van der Waals surface area contributed by atoms with Gasteiger partial charge in [0.1, 0.15) is 0 Å². The van der Waals surface area contributed by atoms with Gasteiger partial charge in [0.15, 0.2) is 5.78 Å². The van der Waals surface area contributed by atoms with E-state index in [9.17, 15) is 18.0 Å². The Morgan fingerprint density at radius 3 is 2.25 bits per heavy atom. The van der Waals surface area contributed by atoms with E-state index >= 15 is 0 Å². The van der Waals surface area contributed by atoms with Crippen molar-refractivity contribution in [2.24, 2.45) is 0 Å². The molecule has 0 atom stereocenters. The minimum absolute atomic E-state index is 0. The number of hydrogen-bond donors (Lipinski definition) is 1. The van der Waals surface area contributed by atoms with Crippen LogP contribution in [0.1, 0.15) is 25.2 Å². The number of pyridine rings is 1. The molecule has 133 valence electrons. The van der Waals surface area contributed by atoms with Gasteiger partial charge in [0.05, 0.1) is 11.5 Å². The number of halogens is 3. The van der Waals surface area contributed by atoms with E-state index in [-0.39, 0.29) is 43.2 Å². The number of carbonyl (C=O) groups excluding carboxylic acids is 1. The van der Waals surface area contributed by atoms with Crippen LogP contribution in [0.2, 0.25) is 0 Å². The molecule has 9 heteroatoms. The van der Waals surface area contributed by atoms with E-state index in [0.29, 0.717) is 5.69 Å². The van der Waals surface area contributed by atoms with Crippen molar-refractivity contribution in [3.05, 3.63) is 47.6 Å². The Kier molecular flexibility index (Phi) is 8.57. The molecule has 0 saturated heterocycles. The van der Waals surface area contributed by atoms with E-state index < -0.39 is 11.9 Å². The molecule has 1 radical (unpaired) electrons. The minimum Gasteiger partial charge on any atom is -0.512 e. The van der Waals surface area contributed by atoms with Gasteiger partial charge in [-0.3, -0.25) is 9.78 Å². The molecule has 0 aromatic carbocycles. The van der Waals surface area contributed by atoms with Crippen molar-refractivity contribution in [3.63, 3.8) is 0 Å². The van der Waals surface area contributed by atoms with Crippen molar-refractivity contribution in [2.45, 2.75) is 26.9 Å². The first-order valence-electron chi connectivity index (χ1n) is 6.49. The molecule has 2 aromatic heterocycles. The van der Waals surface area contributed by atoms with Gasteiger partial charge >= 0.3 is 6.18 Å². The number of aryl methyl sites for hydroxylation is 1. The van der Waals surface area contributed by atoms with E-state index in [0.717, 1.165) is 0 Å². The number of rotatable bonds is 2. The fourth-order valence-electron chi connectivity index (χ4n) is 1.60. The standard InChI is InChI=1S/C10H7F3N3.C5H8O2.Ir/c1-6-8(10(11,12)13)16-9(15-6)7-4-2-3-5-14-7;1-4(6)3-5(2)7;/h2-5H,1H3;3,6H,1-2H3;/q-1;;/b;4-3-;. The molecular formula is C15H15F3IrN3O2-. The number of alkyl halides is 3. The van der Waals surface area contributed by atoms with E-state index in [1.807, 2.05) is 0 Å². The molecule has 5 nitrogen and oxygen atoms in total. The Morgan fingerprint density at radius 1 is 1.29 bits per heavy atom. The largest absolute Gasteiger partial charge is 0.512 e. The topological polar surface area (TPSA) is 77.2 Å². The Bertz CT molecular complexity index is 694. The predicted molar refractivity (Wildman–Crippen MR) is 77.6 cm³/mol. The van der Waals surface area contributed by atoms with E-state index in [4.69, 9.17) is 5.11 Å². The second-order valence-corrected chi connectivity index (χ2v) is 4.59. The van der Waals surface area contributed by atoms with Gasteiger partial charge in [-0.15, -0.1) is 0 Å². The van der Waals surface area contributed by atoms with E-state index in [1.165, 1.54) is 33.0 Å². The molecule has 0 spiro atoms. The molecule has 0 fully saturated rings. The zero-order chi connectivity index (χ0) is 17.6. The van der Waals surface area contributed by atoms with Crippen molar-refractivity contribution < 1.29 is 43.2 Å². The summed E-state index contributed by atoms with van der Waals surface area (Å²) >= 11 is 0. The SMILES string of the molecule is CC(=O)/C=C(/C)O.Cc1[n-]c(-c2ccccn2)nc1C(F)(F)F.[Ir]. The normalized spacial score (nSPS) is 11.2. The van der Waals surface area contributed by atoms with Crippen molar-refractivity contribution in [2.75, 3.05) is 0 Å². The van der Waals surface area contributed by atoms with Gasteiger partial charge in [0.25, 0.3) is 0 Å². The molecule has 0 bridgehead atoms. The predicted octanol–water partition coefficient (Wildman–Crippen LogP) is 3.46. The maximum atomic E-state index is 12.5. The van der Waals surface area contributed by atoms with Gasteiger partial charge in [0.2, 0.25) is 0 Å². The maximum Gasteiger partial charge on any atom is 0.412 e. The molecule has 2 rings (SSSR count). The van der Waals surface area contributed by atoms with Gasteiger partial charge in [0, 0.05) is 38.1 Å². The Balaban J connectivity index is 0.000000570. The number of nitrogens with zero attached hydrogens (tertiary/aromatic N) is 3. The molecule has 0 saturated carbocycles. The summed E-state index contributed by atoms with van der Waals surface area (Å²) in [6, 6.07) is 4.90. The zero-order valence-electron chi connectivity index (χ0n) is 13.1. The molecule has 1 N–H and O–H groups in total. The van der Waals surface area contributed by atoms with Crippen LogP contribution in [0.25, 0.3) is 11.5 Å². The smallest absolute Gasteiger partial charge is 0.412 e. The van der Waals surface area contributed by atoms with Crippen LogP contribution < -0.4 is 4.98 Å². The number of carbonyl (C=O) groups is 1. The first-order chi connectivity index (χ1) is 10.6. The number of aromatic nitrogens is 3. The molecule has 0 aliphatic rings. The molecule has 0 aliphatic heterocycles. The van der Waals surface area contributed by atoms with Gasteiger partial charge in [-0.05, 0) is 38.7 Å². The Labute approximate surface area is 150 Å². The number of imidazole rings is 1. The van der Waals surface area contributed by atoms with Crippen LogP contribution in [0.4, 0.5) is 13.2 Å². The second kappa shape index (κ2) is 9.34. The van der Waals surface area contributed by atoms with Crippen molar-refractivity contribution in [1.29, 1.82) is 0 Å². The summed E-state index contributed by atoms with van der Waals surface area (Å²) < 4.78 is 37.4. The van der Waals surface area contributed by atoms with Crippen molar-refractivity contribution in [1.82, 2.24) is 15.0 Å². The summed E-state index contributed by atoms with van der Waals surface area (Å²) in [7, 11) is 0.